The van der Waals surface area contributed by atoms with Gasteiger partial charge >= 0.3 is 0 Å². The maximum atomic E-state index is 11.5. The van der Waals surface area contributed by atoms with E-state index >= 15 is 0 Å². The molecule has 0 radical (unpaired) electrons. The van der Waals surface area contributed by atoms with E-state index in [4.69, 9.17) is 5.73 Å². The molecule has 0 bridgehead atoms. The first-order chi connectivity index (χ1) is 7.98. The molecule has 2 saturated heterocycles. The summed E-state index contributed by atoms with van der Waals surface area (Å²) in [6.07, 6.45) is 4.11. The minimum absolute atomic E-state index is 0.191. The molecule has 6 heteroatoms. The zero-order valence-corrected chi connectivity index (χ0v) is 11.2. The molecular weight excluding hydrogens is 238 g/mol. The molecule has 0 aromatic rings. The minimum Gasteiger partial charge on any atom is -0.326 e. The van der Waals surface area contributed by atoms with Gasteiger partial charge in [0, 0.05) is 31.4 Å². The first-order valence-corrected chi connectivity index (χ1v) is 8.32. The lowest BCUT2D eigenvalue weighted by Crippen LogP contribution is -2.56. The predicted molar refractivity (Wildman–Crippen MR) is 68.6 cm³/mol. The summed E-state index contributed by atoms with van der Waals surface area (Å²) in [5.74, 6) is 0.483. The minimum atomic E-state index is -2.90. The Labute approximate surface area is 103 Å². The van der Waals surface area contributed by atoms with Crippen LogP contribution in [0.2, 0.25) is 0 Å². The zero-order valence-electron chi connectivity index (χ0n) is 10.4. The number of nitrogens with one attached hydrogen (secondary N) is 2. The van der Waals surface area contributed by atoms with Crippen molar-refractivity contribution < 1.29 is 8.42 Å². The molecule has 4 N–H and O–H groups in total. The second-order valence-electron chi connectivity index (χ2n) is 5.36. The highest BCUT2D eigenvalue weighted by atomic mass is 32.2. The summed E-state index contributed by atoms with van der Waals surface area (Å²) in [6, 6.07) is 0.584. The second kappa shape index (κ2) is 5.22. The van der Waals surface area contributed by atoms with Crippen molar-refractivity contribution in [1.29, 1.82) is 0 Å². The summed E-state index contributed by atoms with van der Waals surface area (Å²) in [4.78, 5) is 0. The van der Waals surface area contributed by atoms with Gasteiger partial charge in [0.15, 0.2) is 9.84 Å². The molecule has 0 aliphatic carbocycles. The van der Waals surface area contributed by atoms with E-state index < -0.39 is 9.84 Å². The van der Waals surface area contributed by atoms with E-state index in [9.17, 15) is 8.42 Å². The van der Waals surface area contributed by atoms with Crippen LogP contribution in [0.15, 0.2) is 0 Å². The van der Waals surface area contributed by atoms with Gasteiger partial charge in [-0.05, 0) is 31.7 Å². The van der Waals surface area contributed by atoms with Crippen molar-refractivity contribution in [2.24, 2.45) is 11.7 Å². The Hall–Kier alpha value is -0.170. The van der Waals surface area contributed by atoms with Gasteiger partial charge in [-0.15, -0.1) is 0 Å². The highest BCUT2D eigenvalue weighted by molar-refractivity contribution is 7.91. The van der Waals surface area contributed by atoms with Gasteiger partial charge in [0.25, 0.3) is 0 Å². The summed E-state index contributed by atoms with van der Waals surface area (Å²) in [6.45, 7) is 2.48. The van der Waals surface area contributed by atoms with Crippen molar-refractivity contribution in [3.8, 4) is 0 Å². The Morgan fingerprint density at radius 2 is 1.94 bits per heavy atom. The van der Waals surface area contributed by atoms with E-state index in [-0.39, 0.29) is 11.3 Å². The van der Waals surface area contributed by atoms with Crippen LogP contribution in [0, 0.1) is 5.92 Å². The Morgan fingerprint density at radius 3 is 2.47 bits per heavy atom. The van der Waals surface area contributed by atoms with Crippen LogP contribution in [0.25, 0.3) is 0 Å². The second-order valence-corrected chi connectivity index (χ2v) is 7.69. The molecule has 2 aliphatic heterocycles. The summed E-state index contributed by atoms with van der Waals surface area (Å²) >= 11 is 0. The van der Waals surface area contributed by atoms with Gasteiger partial charge in [0.2, 0.25) is 0 Å². The predicted octanol–water partition coefficient (Wildman–Crippen LogP) is -0.912. The summed E-state index contributed by atoms with van der Waals surface area (Å²) in [7, 11) is -2.90. The molecule has 2 rings (SSSR count). The maximum absolute atomic E-state index is 11.5. The lowest BCUT2D eigenvalue weighted by atomic mass is 9.82. The van der Waals surface area contributed by atoms with Gasteiger partial charge in [0.1, 0.15) is 0 Å². The van der Waals surface area contributed by atoms with Crippen molar-refractivity contribution in [2.45, 2.75) is 36.6 Å². The third-order valence-corrected chi connectivity index (χ3v) is 5.73. The molecule has 17 heavy (non-hydrogen) atoms. The summed E-state index contributed by atoms with van der Waals surface area (Å²) < 4.78 is 22.9. The molecule has 100 valence electrons. The van der Waals surface area contributed by atoms with Crippen molar-refractivity contribution >= 4 is 9.84 Å². The standard InChI is InChI=1S/C11H23N3O2S/c1-17(15,16)8-2-3-11(14-6-8)9-4-5-13-7-10(9)12/h8-11,13-14H,2-7,12H2,1H3. The van der Waals surface area contributed by atoms with Gasteiger partial charge in [-0.1, -0.05) is 0 Å². The van der Waals surface area contributed by atoms with Crippen LogP contribution in [0.1, 0.15) is 19.3 Å². The number of hydrogen-bond donors (Lipinski definition) is 3. The van der Waals surface area contributed by atoms with Gasteiger partial charge in [0.05, 0.1) is 5.25 Å². The SMILES string of the molecule is CS(=O)(=O)C1CCC(C2CCNCC2N)NC1. The average Bonchev–Trinajstić information content (AvgIpc) is 2.29. The average molecular weight is 261 g/mol. The third-order valence-electron chi connectivity index (χ3n) is 4.11. The Morgan fingerprint density at radius 1 is 1.18 bits per heavy atom. The molecule has 4 atom stereocenters. The molecule has 0 aromatic carbocycles. The molecule has 2 fully saturated rings. The number of piperidine rings is 2. The molecule has 0 amide bonds. The first kappa shape index (κ1) is 13.3. The van der Waals surface area contributed by atoms with Gasteiger partial charge in [-0.2, -0.15) is 0 Å². The maximum Gasteiger partial charge on any atom is 0.151 e. The van der Waals surface area contributed by atoms with E-state index in [1.54, 1.807) is 0 Å². The first-order valence-electron chi connectivity index (χ1n) is 6.37. The highest BCUT2D eigenvalue weighted by Gasteiger charge is 2.34. The quantitative estimate of drug-likeness (QED) is 0.599. The lowest BCUT2D eigenvalue weighted by Gasteiger charge is -2.39. The van der Waals surface area contributed by atoms with E-state index in [0.29, 0.717) is 18.5 Å². The molecule has 2 aliphatic rings. The topological polar surface area (TPSA) is 84.2 Å². The van der Waals surface area contributed by atoms with Crippen LogP contribution < -0.4 is 16.4 Å². The largest absolute Gasteiger partial charge is 0.326 e. The van der Waals surface area contributed by atoms with E-state index in [0.717, 1.165) is 32.4 Å². The molecule has 0 spiro atoms. The van der Waals surface area contributed by atoms with Gasteiger partial charge in [-0.3, -0.25) is 0 Å². The van der Waals surface area contributed by atoms with Gasteiger partial charge < -0.3 is 16.4 Å². The fourth-order valence-electron chi connectivity index (χ4n) is 2.99. The number of hydrogen-bond acceptors (Lipinski definition) is 5. The van der Waals surface area contributed by atoms with Crippen LogP contribution in [0.5, 0.6) is 0 Å². The van der Waals surface area contributed by atoms with Crippen molar-refractivity contribution in [1.82, 2.24) is 10.6 Å². The molecule has 0 saturated carbocycles. The Kier molecular flexibility index (Phi) is 4.07. The number of rotatable bonds is 2. The monoisotopic (exact) mass is 261 g/mol. The Balaban J connectivity index is 1.90. The van der Waals surface area contributed by atoms with Crippen molar-refractivity contribution in [2.75, 3.05) is 25.9 Å². The van der Waals surface area contributed by atoms with Crippen molar-refractivity contribution in [3.05, 3.63) is 0 Å². The normalized spacial score (nSPS) is 40.1. The highest BCUT2D eigenvalue weighted by Crippen LogP contribution is 2.24. The summed E-state index contributed by atoms with van der Waals surface area (Å²) in [5, 5.41) is 6.47. The van der Waals surface area contributed by atoms with Crippen molar-refractivity contribution in [3.63, 3.8) is 0 Å². The molecule has 0 aromatic heterocycles. The smallest absolute Gasteiger partial charge is 0.151 e. The number of sulfone groups is 1. The zero-order chi connectivity index (χ0) is 12.5. The van der Waals surface area contributed by atoms with E-state index in [1.165, 1.54) is 6.26 Å². The lowest BCUT2D eigenvalue weighted by molar-refractivity contribution is 0.218. The molecule has 2 heterocycles. The Bertz CT molecular complexity index is 350. The third kappa shape index (κ3) is 3.19. The van der Waals surface area contributed by atoms with Crippen LogP contribution in [0.4, 0.5) is 0 Å². The van der Waals surface area contributed by atoms with E-state index in [2.05, 4.69) is 10.6 Å². The summed E-state index contributed by atoms with van der Waals surface area (Å²) in [5.41, 5.74) is 6.11. The van der Waals surface area contributed by atoms with Crippen LogP contribution in [-0.4, -0.2) is 51.6 Å². The van der Waals surface area contributed by atoms with E-state index in [1.807, 2.05) is 0 Å². The fraction of sp³-hybridized carbons (Fsp3) is 1.00. The molecule has 4 unspecified atom stereocenters. The fourth-order valence-corrected chi connectivity index (χ4v) is 3.95. The molecule has 5 nitrogen and oxygen atoms in total. The van der Waals surface area contributed by atoms with Crippen LogP contribution >= 0.6 is 0 Å². The van der Waals surface area contributed by atoms with Crippen LogP contribution in [0.3, 0.4) is 0 Å². The van der Waals surface area contributed by atoms with Gasteiger partial charge in [-0.25, -0.2) is 8.42 Å². The molecular formula is C11H23N3O2S. The number of nitrogens with two attached hydrogens (primary N) is 1. The van der Waals surface area contributed by atoms with Crippen LogP contribution in [-0.2, 0) is 9.84 Å².